The molecule has 0 heterocycles. The van der Waals surface area contributed by atoms with Gasteiger partial charge in [0.1, 0.15) is 0 Å². The van der Waals surface area contributed by atoms with Crippen LogP contribution in [0.25, 0.3) is 109 Å². The number of fused-ring (bicyclic) bond motifs is 4. The van der Waals surface area contributed by atoms with Gasteiger partial charge in [-0.1, -0.05) is 183 Å². The molecule has 0 spiro atoms. The maximum atomic E-state index is 9.01. The zero-order valence-corrected chi connectivity index (χ0v) is 31.2. The normalized spacial score (nSPS) is 15.7. The Balaban J connectivity index is 1.10. The molecule has 12 rings (SSSR count). The molecule has 0 N–H and O–H groups in total. The first-order valence-electron chi connectivity index (χ1n) is 24.3. The summed E-state index contributed by atoms with van der Waals surface area (Å²) in [6, 6.07) is 42.2. The van der Waals surface area contributed by atoms with Gasteiger partial charge in [0.25, 0.3) is 0 Å². The van der Waals surface area contributed by atoms with E-state index in [4.69, 9.17) is 13.7 Å². The van der Waals surface area contributed by atoms with E-state index in [9.17, 15) is 0 Å². The summed E-state index contributed by atoms with van der Waals surface area (Å²) in [7, 11) is 0. The molecular formula is C57H38. The maximum absolute atomic E-state index is 9.01. The van der Waals surface area contributed by atoms with Gasteiger partial charge < -0.3 is 0 Å². The fraction of sp³-hybridized carbons (Fsp3) is 0.0526. The first-order chi connectivity index (χ1) is 32.2. The second-order valence-corrected chi connectivity index (χ2v) is 15.6. The molecule has 0 nitrogen and oxygen atoms in total. The van der Waals surface area contributed by atoms with E-state index in [1.165, 1.54) is 21.9 Å². The van der Waals surface area contributed by atoms with Crippen LogP contribution in [0.4, 0.5) is 0 Å². The van der Waals surface area contributed by atoms with Gasteiger partial charge >= 0.3 is 0 Å². The maximum Gasteiger partial charge on any atom is 0.0629 e. The van der Waals surface area contributed by atoms with Crippen LogP contribution in [0.1, 0.15) is 38.7 Å². The second kappa shape index (κ2) is 12.0. The highest BCUT2D eigenvalue weighted by molar-refractivity contribution is 6.25. The summed E-state index contributed by atoms with van der Waals surface area (Å²) in [4.78, 5) is 0. The standard InChI is InChI=1S/C57H38/c1-57(2)49-33-39(53-45-25-13-9-21-41(45)51(35-17-5-3-6-18-35)42-22-10-14-26-46(42)53)31-37-29-30-38-32-40(34-50(57)56(38)55(37)49)54-47-27-15-11-23-43(47)52(36-19-7-4-8-20-36)44-24-12-16-28-48(44)54/h3-34H,1-2H3/i3D,4D,5D,6D,7D,8D,17D,18D,19D,20D. The molecule has 11 aromatic rings. The lowest BCUT2D eigenvalue weighted by molar-refractivity contribution is 0.663. The van der Waals surface area contributed by atoms with Gasteiger partial charge in [-0.3, -0.25) is 0 Å². The minimum atomic E-state index is -0.454. The molecular weight excluding hydrogens is 685 g/mol. The van der Waals surface area contributed by atoms with Gasteiger partial charge in [0.2, 0.25) is 0 Å². The topological polar surface area (TPSA) is 0 Å². The van der Waals surface area contributed by atoms with Crippen LogP contribution in [0.3, 0.4) is 0 Å². The molecule has 11 aromatic carbocycles. The fourth-order valence-corrected chi connectivity index (χ4v) is 9.92. The Morgan fingerprint density at radius 3 is 0.912 bits per heavy atom. The van der Waals surface area contributed by atoms with Gasteiger partial charge in [-0.05, 0) is 145 Å². The van der Waals surface area contributed by atoms with Crippen molar-refractivity contribution < 1.29 is 13.7 Å². The van der Waals surface area contributed by atoms with E-state index >= 15 is 0 Å². The molecule has 1 aliphatic carbocycles. The third kappa shape index (κ3) is 4.56. The van der Waals surface area contributed by atoms with E-state index < -0.39 is 17.5 Å². The van der Waals surface area contributed by atoms with Crippen molar-refractivity contribution in [2.24, 2.45) is 0 Å². The number of rotatable bonds is 4. The predicted octanol–water partition coefficient (Wildman–Crippen LogP) is 15.9. The van der Waals surface area contributed by atoms with Crippen LogP contribution in [0, 0.1) is 0 Å². The van der Waals surface area contributed by atoms with E-state index in [2.05, 4.69) is 74.5 Å². The molecule has 0 heteroatoms. The lowest BCUT2D eigenvalue weighted by Gasteiger charge is -2.24. The quantitative estimate of drug-likeness (QED) is 0.125. The lowest BCUT2D eigenvalue weighted by Crippen LogP contribution is -2.15. The monoisotopic (exact) mass is 732 g/mol. The van der Waals surface area contributed by atoms with Crippen LogP contribution in [0.2, 0.25) is 0 Å². The van der Waals surface area contributed by atoms with Crippen LogP contribution in [-0.4, -0.2) is 0 Å². The molecule has 0 aliphatic heterocycles. The molecule has 0 unspecified atom stereocenters. The van der Waals surface area contributed by atoms with Crippen molar-refractivity contribution in [3.8, 4) is 44.5 Å². The molecule has 1 aliphatic rings. The van der Waals surface area contributed by atoms with Crippen molar-refractivity contribution >= 4 is 64.6 Å². The van der Waals surface area contributed by atoms with Crippen LogP contribution in [0.5, 0.6) is 0 Å². The highest BCUT2D eigenvalue weighted by Gasteiger charge is 2.35. The zero-order valence-electron chi connectivity index (χ0n) is 41.2. The van der Waals surface area contributed by atoms with Crippen LogP contribution >= 0.6 is 0 Å². The summed E-state index contributed by atoms with van der Waals surface area (Å²) in [5, 5.41) is 11.4. The van der Waals surface area contributed by atoms with Gasteiger partial charge in [-0.25, -0.2) is 0 Å². The first kappa shape index (κ1) is 23.8. The molecule has 266 valence electrons. The van der Waals surface area contributed by atoms with Crippen molar-refractivity contribution in [3.63, 3.8) is 0 Å². The summed E-state index contributed by atoms with van der Waals surface area (Å²) in [6.07, 6.45) is 0. The first-order valence-corrected chi connectivity index (χ1v) is 19.3. The average molecular weight is 733 g/mol. The highest BCUT2D eigenvalue weighted by atomic mass is 14.4. The predicted molar refractivity (Wildman–Crippen MR) is 245 cm³/mol. The molecule has 0 amide bonds. The van der Waals surface area contributed by atoms with E-state index in [1.54, 1.807) is 0 Å². The van der Waals surface area contributed by atoms with Crippen molar-refractivity contribution in [1.82, 2.24) is 0 Å². The number of benzene rings is 11. The molecule has 0 radical (unpaired) electrons. The molecule has 57 heavy (non-hydrogen) atoms. The van der Waals surface area contributed by atoms with Crippen molar-refractivity contribution in [3.05, 3.63) is 205 Å². The highest BCUT2D eigenvalue weighted by Crippen LogP contribution is 2.54. The van der Waals surface area contributed by atoms with Gasteiger partial charge in [0, 0.05) is 5.41 Å². The average Bonchev–Trinajstić information content (AvgIpc) is 3.58. The summed E-state index contributed by atoms with van der Waals surface area (Å²) in [5.41, 5.74) is 7.55. The summed E-state index contributed by atoms with van der Waals surface area (Å²) in [6.45, 7) is 4.55. The Hall–Kier alpha value is -7.02. The van der Waals surface area contributed by atoms with E-state index in [-0.39, 0.29) is 59.5 Å². The zero-order chi connectivity index (χ0) is 46.5. The molecule has 0 atom stereocenters. The Kier molecular flexibility index (Phi) is 5.01. The summed E-state index contributed by atoms with van der Waals surface area (Å²) >= 11 is 0. The molecule has 0 saturated heterocycles. The Labute approximate surface area is 346 Å². The SMILES string of the molecule is [2H]c1c([2H])c([2H])c(-c2c3ccccc3c(-c3cc4c5c(ccc6cc(-c7c8ccccc8c(-c8c([2H])c([2H])c([2H])c([2H])c8[2H])c8ccccc78)cc(c65)C4(C)C)c3)c3ccccc23)c([2H])c1[2H]. The van der Waals surface area contributed by atoms with Gasteiger partial charge in [-0.2, -0.15) is 0 Å². The van der Waals surface area contributed by atoms with Gasteiger partial charge in [0.15, 0.2) is 0 Å². The molecule has 0 saturated carbocycles. The van der Waals surface area contributed by atoms with Crippen molar-refractivity contribution in [1.29, 1.82) is 0 Å². The Morgan fingerprint density at radius 1 is 0.333 bits per heavy atom. The minimum Gasteiger partial charge on any atom is -0.0622 e. The van der Waals surface area contributed by atoms with Crippen LogP contribution < -0.4 is 0 Å². The molecule has 0 aromatic heterocycles. The molecule has 0 bridgehead atoms. The summed E-state index contributed by atoms with van der Waals surface area (Å²) in [5.74, 6) is 0. The molecule has 0 fully saturated rings. The third-order valence-electron chi connectivity index (χ3n) is 12.3. The number of hydrogen-bond acceptors (Lipinski definition) is 0. The van der Waals surface area contributed by atoms with Crippen molar-refractivity contribution in [2.75, 3.05) is 0 Å². The number of hydrogen-bond donors (Lipinski definition) is 0. The van der Waals surface area contributed by atoms with Crippen molar-refractivity contribution in [2.45, 2.75) is 19.3 Å². The van der Waals surface area contributed by atoms with E-state index in [1.807, 2.05) is 72.8 Å². The third-order valence-corrected chi connectivity index (χ3v) is 12.3. The summed E-state index contributed by atoms with van der Waals surface area (Å²) < 4.78 is 86.9. The Morgan fingerprint density at radius 2 is 0.614 bits per heavy atom. The van der Waals surface area contributed by atoms with Crippen LogP contribution in [0.15, 0.2) is 194 Å². The smallest absolute Gasteiger partial charge is 0.0622 e. The van der Waals surface area contributed by atoms with Gasteiger partial charge in [-0.15, -0.1) is 0 Å². The fourth-order valence-electron chi connectivity index (χ4n) is 9.92. The lowest BCUT2D eigenvalue weighted by atomic mass is 9.78. The second-order valence-electron chi connectivity index (χ2n) is 15.6. The van der Waals surface area contributed by atoms with Crippen LogP contribution in [-0.2, 0) is 5.41 Å². The van der Waals surface area contributed by atoms with E-state index in [0.717, 1.165) is 76.1 Å². The Bertz CT molecular complexity index is 3640. The minimum absolute atomic E-state index is 0.182. The van der Waals surface area contributed by atoms with E-state index in [0.29, 0.717) is 11.1 Å². The van der Waals surface area contributed by atoms with Gasteiger partial charge in [0.05, 0.1) is 13.7 Å². The largest absolute Gasteiger partial charge is 0.0629 e.